The van der Waals surface area contributed by atoms with Crippen molar-refractivity contribution in [3.8, 4) is 0 Å². The normalized spacial score (nSPS) is 12.2. The first-order chi connectivity index (χ1) is 11.5. The van der Waals surface area contributed by atoms with Crippen molar-refractivity contribution in [3.05, 3.63) is 46.5 Å². The summed E-state index contributed by atoms with van der Waals surface area (Å²) in [6, 6.07) is 7.76. The number of aromatic nitrogens is 3. The highest BCUT2D eigenvalue weighted by Gasteiger charge is 2.13. The van der Waals surface area contributed by atoms with Gasteiger partial charge >= 0.3 is 0 Å². The van der Waals surface area contributed by atoms with Gasteiger partial charge in [0.05, 0.1) is 6.54 Å². The molecule has 1 N–H and O–H groups in total. The van der Waals surface area contributed by atoms with Gasteiger partial charge < -0.3 is 5.32 Å². The Balaban J connectivity index is 2.18. The Morgan fingerprint density at radius 3 is 2.79 bits per heavy atom. The van der Waals surface area contributed by atoms with Crippen molar-refractivity contribution < 1.29 is 4.79 Å². The standard InChI is InChI=1S/C18H25ClN4O/c1-4-13(2)11-17-21-18(9-10-20-14(3)24)23(22-17)12-15-7-5-6-8-16(15)19/h5-8,13H,4,9-12H2,1-3H3,(H,20,24). The first-order valence-corrected chi connectivity index (χ1v) is 8.77. The molecule has 0 spiro atoms. The fraction of sp³-hybridized carbons (Fsp3) is 0.500. The number of halogens is 1. The van der Waals surface area contributed by atoms with Crippen molar-refractivity contribution in [1.29, 1.82) is 0 Å². The van der Waals surface area contributed by atoms with Crippen LogP contribution < -0.4 is 5.32 Å². The van der Waals surface area contributed by atoms with E-state index in [1.807, 2.05) is 28.9 Å². The molecule has 5 nitrogen and oxygen atoms in total. The van der Waals surface area contributed by atoms with Gasteiger partial charge in [-0.2, -0.15) is 5.10 Å². The molecule has 1 heterocycles. The zero-order valence-corrected chi connectivity index (χ0v) is 15.3. The molecular formula is C18H25ClN4O. The van der Waals surface area contributed by atoms with Crippen molar-refractivity contribution in [2.75, 3.05) is 6.54 Å². The van der Waals surface area contributed by atoms with Gasteiger partial charge in [0.25, 0.3) is 0 Å². The van der Waals surface area contributed by atoms with Crippen molar-refractivity contribution in [3.63, 3.8) is 0 Å². The molecule has 130 valence electrons. The highest BCUT2D eigenvalue weighted by atomic mass is 35.5. The lowest BCUT2D eigenvalue weighted by Gasteiger charge is -2.08. The van der Waals surface area contributed by atoms with Crippen LogP contribution in [0.25, 0.3) is 0 Å². The first-order valence-electron chi connectivity index (χ1n) is 8.40. The molecule has 0 saturated heterocycles. The SMILES string of the molecule is CCC(C)Cc1nc(CCNC(C)=O)n(Cc2ccccc2Cl)n1. The number of benzene rings is 1. The van der Waals surface area contributed by atoms with Crippen LogP contribution >= 0.6 is 11.6 Å². The van der Waals surface area contributed by atoms with Crippen molar-refractivity contribution >= 4 is 17.5 Å². The van der Waals surface area contributed by atoms with Gasteiger partial charge in [-0.05, 0) is 17.5 Å². The van der Waals surface area contributed by atoms with Crippen molar-refractivity contribution in [2.24, 2.45) is 5.92 Å². The lowest BCUT2D eigenvalue weighted by atomic mass is 10.1. The summed E-state index contributed by atoms with van der Waals surface area (Å²) in [6.45, 7) is 7.03. The molecule has 0 aliphatic rings. The number of hydrogen-bond acceptors (Lipinski definition) is 3. The molecule has 1 atom stereocenters. The van der Waals surface area contributed by atoms with Crippen LogP contribution in [0, 0.1) is 5.92 Å². The lowest BCUT2D eigenvalue weighted by Crippen LogP contribution is -2.23. The maximum absolute atomic E-state index is 11.1. The number of nitrogens with one attached hydrogen (secondary N) is 1. The summed E-state index contributed by atoms with van der Waals surface area (Å²) in [5, 5.41) is 8.20. The van der Waals surface area contributed by atoms with Gasteiger partial charge in [0.15, 0.2) is 5.82 Å². The minimum Gasteiger partial charge on any atom is -0.356 e. The van der Waals surface area contributed by atoms with E-state index in [9.17, 15) is 4.79 Å². The molecule has 1 aromatic heterocycles. The smallest absolute Gasteiger partial charge is 0.216 e. The average Bonchev–Trinajstić information content (AvgIpc) is 2.90. The summed E-state index contributed by atoms with van der Waals surface area (Å²) in [6.07, 6.45) is 2.61. The van der Waals surface area contributed by atoms with Gasteiger partial charge in [-0.3, -0.25) is 4.79 Å². The number of nitrogens with zero attached hydrogens (tertiary/aromatic N) is 3. The lowest BCUT2D eigenvalue weighted by molar-refractivity contribution is -0.118. The van der Waals surface area contributed by atoms with Gasteiger partial charge in [0, 0.05) is 31.3 Å². The average molecular weight is 349 g/mol. The van der Waals surface area contributed by atoms with Crippen LogP contribution in [0.5, 0.6) is 0 Å². The number of carbonyl (C=O) groups is 1. The van der Waals surface area contributed by atoms with E-state index in [1.54, 1.807) is 0 Å². The summed E-state index contributed by atoms with van der Waals surface area (Å²) in [4.78, 5) is 15.8. The maximum Gasteiger partial charge on any atom is 0.216 e. The summed E-state index contributed by atoms with van der Waals surface area (Å²) in [5.74, 6) is 2.24. The molecule has 1 amide bonds. The van der Waals surface area contributed by atoms with E-state index < -0.39 is 0 Å². The van der Waals surface area contributed by atoms with Gasteiger partial charge in [-0.15, -0.1) is 0 Å². The summed E-state index contributed by atoms with van der Waals surface area (Å²) < 4.78 is 1.90. The molecule has 0 fully saturated rings. The number of hydrogen-bond donors (Lipinski definition) is 1. The number of carbonyl (C=O) groups excluding carboxylic acids is 1. The van der Waals surface area contributed by atoms with E-state index in [0.29, 0.717) is 25.4 Å². The fourth-order valence-electron chi connectivity index (χ4n) is 2.42. The van der Waals surface area contributed by atoms with E-state index in [1.165, 1.54) is 6.92 Å². The predicted octanol–water partition coefficient (Wildman–Crippen LogP) is 3.25. The molecule has 0 bridgehead atoms. The van der Waals surface area contributed by atoms with Crippen molar-refractivity contribution in [2.45, 2.75) is 46.6 Å². The summed E-state index contributed by atoms with van der Waals surface area (Å²) >= 11 is 6.27. The third kappa shape index (κ3) is 5.34. The quantitative estimate of drug-likeness (QED) is 0.796. The fourth-order valence-corrected chi connectivity index (χ4v) is 2.61. The van der Waals surface area contributed by atoms with Crippen LogP contribution in [0.4, 0.5) is 0 Å². The minimum atomic E-state index is -0.0352. The third-order valence-corrected chi connectivity index (χ3v) is 4.39. The van der Waals surface area contributed by atoms with E-state index in [0.717, 1.165) is 35.1 Å². The Labute approximate surface area is 148 Å². The van der Waals surface area contributed by atoms with Crippen LogP contribution in [-0.4, -0.2) is 27.2 Å². The Bertz CT molecular complexity index is 683. The second kappa shape index (κ2) is 8.83. The predicted molar refractivity (Wildman–Crippen MR) is 96.1 cm³/mol. The maximum atomic E-state index is 11.1. The topological polar surface area (TPSA) is 59.8 Å². The van der Waals surface area contributed by atoms with Gasteiger partial charge in [0.2, 0.25) is 5.91 Å². The molecule has 1 aromatic carbocycles. The summed E-state index contributed by atoms with van der Waals surface area (Å²) in [5.41, 5.74) is 1.01. The zero-order chi connectivity index (χ0) is 17.5. The second-order valence-electron chi connectivity index (χ2n) is 6.14. The van der Waals surface area contributed by atoms with Crippen molar-refractivity contribution in [1.82, 2.24) is 20.1 Å². The monoisotopic (exact) mass is 348 g/mol. The molecule has 2 rings (SSSR count). The molecule has 1 unspecified atom stereocenters. The van der Waals surface area contributed by atoms with Gasteiger partial charge in [-0.25, -0.2) is 9.67 Å². The Morgan fingerprint density at radius 1 is 1.38 bits per heavy atom. The van der Waals surface area contributed by atoms with Crippen LogP contribution in [0.1, 0.15) is 44.4 Å². The van der Waals surface area contributed by atoms with Crippen LogP contribution in [0.3, 0.4) is 0 Å². The highest BCUT2D eigenvalue weighted by molar-refractivity contribution is 6.31. The van der Waals surface area contributed by atoms with Gasteiger partial charge in [0.1, 0.15) is 5.82 Å². The molecule has 2 aromatic rings. The molecule has 0 aliphatic heterocycles. The Morgan fingerprint density at radius 2 is 2.12 bits per heavy atom. The Kier molecular flexibility index (Phi) is 6.79. The molecule has 0 radical (unpaired) electrons. The number of amides is 1. The van der Waals surface area contributed by atoms with Gasteiger partial charge in [-0.1, -0.05) is 50.1 Å². The van der Waals surface area contributed by atoms with E-state index in [2.05, 4.69) is 29.2 Å². The summed E-state index contributed by atoms with van der Waals surface area (Å²) in [7, 11) is 0. The third-order valence-electron chi connectivity index (χ3n) is 4.02. The molecular weight excluding hydrogens is 324 g/mol. The molecule has 0 saturated carbocycles. The molecule has 24 heavy (non-hydrogen) atoms. The van der Waals surface area contributed by atoms with E-state index >= 15 is 0 Å². The van der Waals surface area contributed by atoms with E-state index in [-0.39, 0.29) is 5.91 Å². The highest BCUT2D eigenvalue weighted by Crippen LogP contribution is 2.17. The largest absolute Gasteiger partial charge is 0.356 e. The second-order valence-corrected chi connectivity index (χ2v) is 6.55. The zero-order valence-electron chi connectivity index (χ0n) is 14.6. The Hall–Kier alpha value is -1.88. The van der Waals surface area contributed by atoms with E-state index in [4.69, 9.17) is 11.6 Å². The minimum absolute atomic E-state index is 0.0352. The first kappa shape index (κ1) is 18.5. The van der Waals surface area contributed by atoms with Crippen LogP contribution in [0.15, 0.2) is 24.3 Å². The molecule has 6 heteroatoms. The van der Waals surface area contributed by atoms with Crippen LogP contribution in [-0.2, 0) is 24.2 Å². The van der Waals surface area contributed by atoms with Crippen LogP contribution in [0.2, 0.25) is 5.02 Å². The molecule has 0 aliphatic carbocycles. The number of rotatable bonds is 8.